The fourth-order valence-electron chi connectivity index (χ4n) is 3.91. The molecule has 0 heterocycles. The third kappa shape index (κ3) is 3.42. The molecule has 3 rings (SSSR count). The Morgan fingerprint density at radius 1 is 0.926 bits per heavy atom. The van der Waals surface area contributed by atoms with Gasteiger partial charge in [0.05, 0.1) is 37.2 Å². The third-order valence-electron chi connectivity index (χ3n) is 5.09. The van der Waals surface area contributed by atoms with Gasteiger partial charge in [-0.15, -0.1) is 0 Å². The number of anilines is 1. The number of aliphatic carboxylic acids is 1. The van der Waals surface area contributed by atoms with E-state index < -0.39 is 35.7 Å². The monoisotopic (exact) mass is 373 g/mol. The van der Waals surface area contributed by atoms with E-state index >= 15 is 0 Å². The summed E-state index contributed by atoms with van der Waals surface area (Å²) in [6.07, 6.45) is 4.35. The number of rotatable bonds is 5. The molecule has 0 unspecified atom stereocenters. The molecule has 0 spiro atoms. The topological polar surface area (TPSA) is 119 Å². The van der Waals surface area contributed by atoms with Crippen molar-refractivity contribution >= 4 is 29.5 Å². The Morgan fingerprint density at radius 3 is 1.93 bits per heavy atom. The summed E-state index contributed by atoms with van der Waals surface area (Å²) in [5.74, 6) is -4.62. The second kappa shape index (κ2) is 7.22. The predicted octanol–water partition coefficient (Wildman–Crippen LogP) is 1.72. The standard InChI is InChI=1S/C19H19NO7/c1-26-18(24)11-6-12(19(25)27-2)8-13(7-11)20-16(21)14-9-3-4-10(5-9)15(14)17(22)23/h3-4,6-10,14-15H,5H2,1-2H3,(H,20,21)(H,22,23)/t9-,10-,14+,15+/m0/s1. The number of benzene rings is 1. The molecule has 4 atom stereocenters. The van der Waals surface area contributed by atoms with E-state index in [2.05, 4.69) is 14.8 Å². The highest BCUT2D eigenvalue weighted by atomic mass is 16.5. The maximum Gasteiger partial charge on any atom is 0.337 e. The van der Waals surface area contributed by atoms with Gasteiger partial charge in [-0.25, -0.2) is 9.59 Å². The van der Waals surface area contributed by atoms with Gasteiger partial charge in [0.25, 0.3) is 0 Å². The summed E-state index contributed by atoms with van der Waals surface area (Å²) in [5, 5.41) is 12.1. The van der Waals surface area contributed by atoms with Crippen LogP contribution in [0.15, 0.2) is 30.4 Å². The van der Waals surface area contributed by atoms with Crippen molar-refractivity contribution in [2.24, 2.45) is 23.7 Å². The molecular formula is C19H19NO7. The SMILES string of the molecule is COC(=O)c1cc(NC(=O)[C@H]2[C@H](C(=O)O)[C@H]3C=C[C@H]2C3)cc(C(=O)OC)c1. The lowest BCUT2D eigenvalue weighted by atomic mass is 9.82. The molecule has 0 radical (unpaired) electrons. The van der Waals surface area contributed by atoms with Crippen LogP contribution in [0.4, 0.5) is 5.69 Å². The third-order valence-corrected chi connectivity index (χ3v) is 5.09. The van der Waals surface area contributed by atoms with E-state index in [1.165, 1.54) is 32.4 Å². The number of methoxy groups -OCH3 is 2. The zero-order chi connectivity index (χ0) is 19.7. The van der Waals surface area contributed by atoms with Crippen LogP contribution in [0.3, 0.4) is 0 Å². The van der Waals surface area contributed by atoms with Gasteiger partial charge in [0.2, 0.25) is 5.91 Å². The molecule has 2 bridgehead atoms. The van der Waals surface area contributed by atoms with Crippen LogP contribution in [-0.4, -0.2) is 43.1 Å². The van der Waals surface area contributed by atoms with Crippen molar-refractivity contribution < 1.29 is 33.8 Å². The molecule has 1 aromatic rings. The lowest BCUT2D eigenvalue weighted by Crippen LogP contribution is -2.36. The molecule has 2 N–H and O–H groups in total. The van der Waals surface area contributed by atoms with Crippen LogP contribution in [0.5, 0.6) is 0 Å². The van der Waals surface area contributed by atoms with Gasteiger partial charge < -0.3 is 19.9 Å². The Morgan fingerprint density at radius 2 is 1.44 bits per heavy atom. The summed E-state index contributed by atoms with van der Waals surface area (Å²) in [7, 11) is 2.40. The number of allylic oxidation sites excluding steroid dienone is 2. The molecule has 1 saturated carbocycles. The lowest BCUT2D eigenvalue weighted by molar-refractivity contribution is -0.146. The second-order valence-electron chi connectivity index (χ2n) is 6.61. The second-order valence-corrected chi connectivity index (χ2v) is 6.61. The lowest BCUT2D eigenvalue weighted by Gasteiger charge is -2.24. The van der Waals surface area contributed by atoms with Crippen molar-refractivity contribution in [2.75, 3.05) is 19.5 Å². The zero-order valence-electron chi connectivity index (χ0n) is 14.8. The number of carboxylic acids is 1. The summed E-state index contributed by atoms with van der Waals surface area (Å²) in [5.41, 5.74) is 0.329. The molecule has 0 aliphatic heterocycles. The molecule has 1 amide bonds. The fourth-order valence-corrected chi connectivity index (χ4v) is 3.91. The van der Waals surface area contributed by atoms with E-state index in [0.717, 1.165) is 0 Å². The molecule has 1 aromatic carbocycles. The minimum absolute atomic E-state index is 0.0679. The zero-order valence-corrected chi connectivity index (χ0v) is 14.8. The van der Waals surface area contributed by atoms with Gasteiger partial charge in [-0.2, -0.15) is 0 Å². The first-order valence-electron chi connectivity index (χ1n) is 8.39. The smallest absolute Gasteiger partial charge is 0.337 e. The van der Waals surface area contributed by atoms with Crippen LogP contribution < -0.4 is 5.32 Å². The Kier molecular flexibility index (Phi) is 4.98. The highest BCUT2D eigenvalue weighted by molar-refractivity contribution is 6.01. The van der Waals surface area contributed by atoms with Crippen LogP contribution in [0.25, 0.3) is 0 Å². The summed E-state index contributed by atoms with van der Waals surface area (Å²) in [6.45, 7) is 0. The number of nitrogens with one attached hydrogen (secondary N) is 1. The largest absolute Gasteiger partial charge is 0.481 e. The number of hydrogen-bond acceptors (Lipinski definition) is 6. The molecule has 2 aliphatic rings. The minimum atomic E-state index is -1.01. The number of amides is 1. The normalized spacial score (nSPS) is 25.1. The van der Waals surface area contributed by atoms with Gasteiger partial charge in [0.15, 0.2) is 0 Å². The van der Waals surface area contributed by atoms with Crippen molar-refractivity contribution in [1.82, 2.24) is 0 Å². The maximum absolute atomic E-state index is 12.8. The summed E-state index contributed by atoms with van der Waals surface area (Å²) in [6, 6.07) is 4.04. The Labute approximate surface area is 155 Å². The molecule has 8 nitrogen and oxygen atoms in total. The summed E-state index contributed by atoms with van der Waals surface area (Å²) >= 11 is 0. The molecular weight excluding hydrogens is 354 g/mol. The quantitative estimate of drug-likeness (QED) is 0.596. The summed E-state index contributed by atoms with van der Waals surface area (Å²) < 4.78 is 9.33. The number of hydrogen-bond donors (Lipinski definition) is 2. The molecule has 0 aromatic heterocycles. The van der Waals surface area contributed by atoms with E-state index in [0.29, 0.717) is 6.42 Å². The molecule has 27 heavy (non-hydrogen) atoms. The Hall–Kier alpha value is -3.16. The van der Waals surface area contributed by atoms with Crippen molar-refractivity contribution in [2.45, 2.75) is 6.42 Å². The molecule has 142 valence electrons. The minimum Gasteiger partial charge on any atom is -0.481 e. The Bertz CT molecular complexity index is 810. The van der Waals surface area contributed by atoms with Gasteiger partial charge in [-0.3, -0.25) is 9.59 Å². The average molecular weight is 373 g/mol. The van der Waals surface area contributed by atoms with Crippen molar-refractivity contribution in [3.05, 3.63) is 41.5 Å². The molecule has 2 aliphatic carbocycles. The van der Waals surface area contributed by atoms with E-state index in [1.54, 1.807) is 0 Å². The molecule has 0 saturated heterocycles. The van der Waals surface area contributed by atoms with Crippen molar-refractivity contribution in [3.8, 4) is 0 Å². The number of carboxylic acid groups (broad SMARTS) is 1. The first-order valence-corrected chi connectivity index (χ1v) is 8.39. The van der Waals surface area contributed by atoms with E-state index in [4.69, 9.17) is 0 Å². The van der Waals surface area contributed by atoms with Gasteiger partial charge in [-0.1, -0.05) is 12.2 Å². The maximum atomic E-state index is 12.8. The predicted molar refractivity (Wildman–Crippen MR) is 93.1 cm³/mol. The Balaban J connectivity index is 1.89. The van der Waals surface area contributed by atoms with Gasteiger partial charge in [0.1, 0.15) is 0 Å². The number of fused-ring (bicyclic) bond motifs is 2. The van der Waals surface area contributed by atoms with E-state index in [-0.39, 0.29) is 28.7 Å². The fraction of sp³-hybridized carbons (Fsp3) is 0.368. The van der Waals surface area contributed by atoms with Gasteiger partial charge in [0, 0.05) is 5.69 Å². The van der Waals surface area contributed by atoms with Gasteiger partial charge in [-0.05, 0) is 36.5 Å². The average Bonchev–Trinajstić information content (AvgIpc) is 3.27. The summed E-state index contributed by atoms with van der Waals surface area (Å²) in [4.78, 5) is 48.1. The highest BCUT2D eigenvalue weighted by Crippen LogP contribution is 2.48. The van der Waals surface area contributed by atoms with Gasteiger partial charge >= 0.3 is 17.9 Å². The van der Waals surface area contributed by atoms with E-state index in [1.807, 2.05) is 12.2 Å². The van der Waals surface area contributed by atoms with Crippen molar-refractivity contribution in [3.63, 3.8) is 0 Å². The first-order chi connectivity index (χ1) is 12.8. The van der Waals surface area contributed by atoms with Crippen LogP contribution in [0, 0.1) is 23.7 Å². The van der Waals surface area contributed by atoms with E-state index in [9.17, 15) is 24.3 Å². The van der Waals surface area contributed by atoms with Crippen LogP contribution in [-0.2, 0) is 19.1 Å². The molecule has 8 heteroatoms. The molecule has 1 fully saturated rings. The van der Waals surface area contributed by atoms with Crippen LogP contribution in [0.1, 0.15) is 27.1 Å². The first kappa shape index (κ1) is 18.6. The van der Waals surface area contributed by atoms with Crippen LogP contribution >= 0.6 is 0 Å². The number of carbonyl (C=O) groups is 4. The van der Waals surface area contributed by atoms with Crippen molar-refractivity contribution in [1.29, 1.82) is 0 Å². The number of ether oxygens (including phenoxy) is 2. The van der Waals surface area contributed by atoms with Crippen LogP contribution in [0.2, 0.25) is 0 Å². The highest BCUT2D eigenvalue weighted by Gasteiger charge is 2.51. The number of carbonyl (C=O) groups excluding carboxylic acids is 3. The number of esters is 2.